The second-order valence-electron chi connectivity index (χ2n) is 7.48. The third-order valence-corrected chi connectivity index (χ3v) is 5.52. The van der Waals surface area contributed by atoms with Crippen molar-refractivity contribution in [2.45, 2.75) is 20.8 Å². The minimum Gasteiger partial charge on any atom is -0.366 e. The third kappa shape index (κ3) is 3.40. The van der Waals surface area contributed by atoms with Gasteiger partial charge in [0.2, 0.25) is 5.91 Å². The van der Waals surface area contributed by atoms with Gasteiger partial charge in [-0.25, -0.2) is 0 Å². The number of hydrogen-bond donors (Lipinski definition) is 4. The summed E-state index contributed by atoms with van der Waals surface area (Å²) in [5.41, 5.74) is 13.8. The predicted molar refractivity (Wildman–Crippen MR) is 123 cm³/mol. The Hall–Kier alpha value is -4.13. The van der Waals surface area contributed by atoms with Gasteiger partial charge < -0.3 is 16.0 Å². The average molecular weight is 413 g/mol. The van der Waals surface area contributed by atoms with Gasteiger partial charge in [-0.15, -0.1) is 0 Å². The first kappa shape index (κ1) is 20.2. The van der Waals surface area contributed by atoms with Crippen LogP contribution in [0.4, 0.5) is 5.69 Å². The van der Waals surface area contributed by atoms with Gasteiger partial charge in [0.15, 0.2) is 0 Å². The zero-order chi connectivity index (χ0) is 22.3. The van der Waals surface area contributed by atoms with Crippen LogP contribution in [0.1, 0.15) is 27.3 Å². The van der Waals surface area contributed by atoms with Crippen molar-refractivity contribution >= 4 is 28.4 Å². The Morgan fingerprint density at radius 2 is 1.90 bits per heavy atom. The second-order valence-corrected chi connectivity index (χ2v) is 7.48. The van der Waals surface area contributed by atoms with Crippen molar-refractivity contribution in [3.05, 3.63) is 71.6 Å². The van der Waals surface area contributed by atoms with Crippen LogP contribution >= 0.6 is 0 Å². The van der Waals surface area contributed by atoms with Gasteiger partial charge >= 0.3 is 0 Å². The molecule has 7 heteroatoms. The van der Waals surface area contributed by atoms with E-state index in [1.54, 1.807) is 6.07 Å². The van der Waals surface area contributed by atoms with Crippen LogP contribution in [0.2, 0.25) is 0 Å². The Kier molecular flexibility index (Phi) is 4.94. The quantitative estimate of drug-likeness (QED) is 0.364. The molecule has 2 aromatic heterocycles. The largest absolute Gasteiger partial charge is 0.366 e. The smallest absolute Gasteiger partial charge is 0.250 e. The number of amides is 2. The van der Waals surface area contributed by atoms with Gasteiger partial charge in [0.25, 0.3) is 5.91 Å². The van der Waals surface area contributed by atoms with E-state index >= 15 is 0 Å². The van der Waals surface area contributed by atoms with Gasteiger partial charge in [-0.1, -0.05) is 24.8 Å². The van der Waals surface area contributed by atoms with Crippen molar-refractivity contribution in [2.24, 2.45) is 5.73 Å². The summed E-state index contributed by atoms with van der Waals surface area (Å²) in [5, 5.41) is 11.0. The number of anilines is 1. The lowest BCUT2D eigenvalue weighted by Crippen LogP contribution is -2.11. The van der Waals surface area contributed by atoms with Gasteiger partial charge in [-0.3, -0.25) is 14.7 Å². The molecule has 31 heavy (non-hydrogen) atoms. The van der Waals surface area contributed by atoms with E-state index in [1.807, 2.05) is 51.1 Å². The number of nitrogens with two attached hydrogens (primary N) is 1. The first-order chi connectivity index (χ1) is 14.8. The van der Waals surface area contributed by atoms with E-state index in [2.05, 4.69) is 27.1 Å². The van der Waals surface area contributed by atoms with E-state index in [1.165, 1.54) is 6.08 Å². The summed E-state index contributed by atoms with van der Waals surface area (Å²) in [6.07, 6.45) is 1.24. The van der Waals surface area contributed by atoms with Crippen molar-refractivity contribution in [2.75, 3.05) is 5.32 Å². The zero-order valence-corrected chi connectivity index (χ0v) is 17.6. The molecule has 0 fully saturated rings. The lowest BCUT2D eigenvalue weighted by Gasteiger charge is -2.13. The van der Waals surface area contributed by atoms with Crippen LogP contribution in [-0.4, -0.2) is 27.0 Å². The fourth-order valence-electron chi connectivity index (χ4n) is 3.99. The van der Waals surface area contributed by atoms with Crippen molar-refractivity contribution in [3.63, 3.8) is 0 Å². The number of primary amides is 1. The Balaban J connectivity index is 1.97. The van der Waals surface area contributed by atoms with Crippen LogP contribution in [-0.2, 0) is 4.79 Å². The van der Waals surface area contributed by atoms with Crippen LogP contribution < -0.4 is 11.1 Å². The fourth-order valence-corrected chi connectivity index (χ4v) is 3.99. The Morgan fingerprint density at radius 1 is 1.13 bits per heavy atom. The summed E-state index contributed by atoms with van der Waals surface area (Å²) in [6, 6.07) is 11.3. The normalized spacial score (nSPS) is 10.9. The average Bonchev–Trinajstić information content (AvgIpc) is 3.31. The standard InChI is InChI=1S/C24H23N5O2/c1-5-21(30)26-19-8-6-7-15(12(19)2)16-9-10-17(24(25)31)23-18(16)11-20(27-23)22-13(3)28-29-14(22)4/h5-11,27H,1H2,2-4H3,(H2,25,31)(H,26,30)(H,28,29). The maximum atomic E-state index is 12.1. The number of aromatic amines is 2. The third-order valence-electron chi connectivity index (χ3n) is 5.52. The molecule has 0 aliphatic heterocycles. The van der Waals surface area contributed by atoms with Gasteiger partial charge in [-0.2, -0.15) is 5.10 Å². The summed E-state index contributed by atoms with van der Waals surface area (Å²) >= 11 is 0. The Labute approximate surface area is 179 Å². The first-order valence-corrected chi connectivity index (χ1v) is 9.82. The van der Waals surface area contributed by atoms with Gasteiger partial charge in [0.1, 0.15) is 0 Å². The highest BCUT2D eigenvalue weighted by Crippen LogP contribution is 2.38. The second kappa shape index (κ2) is 7.60. The highest BCUT2D eigenvalue weighted by molar-refractivity contribution is 6.11. The van der Waals surface area contributed by atoms with Crippen molar-refractivity contribution in [1.29, 1.82) is 0 Å². The number of benzene rings is 2. The first-order valence-electron chi connectivity index (χ1n) is 9.82. The molecule has 0 saturated carbocycles. The number of carbonyl (C=O) groups is 2. The molecule has 0 aliphatic carbocycles. The highest BCUT2D eigenvalue weighted by atomic mass is 16.1. The molecule has 4 aromatic rings. The minimum atomic E-state index is -0.505. The zero-order valence-electron chi connectivity index (χ0n) is 17.6. The summed E-state index contributed by atoms with van der Waals surface area (Å²) in [7, 11) is 0. The number of aromatic nitrogens is 3. The molecular formula is C24H23N5O2. The van der Waals surface area contributed by atoms with Crippen LogP contribution in [0.15, 0.2) is 49.1 Å². The SMILES string of the molecule is C=CC(=O)Nc1cccc(-c2ccc(C(N)=O)c3[nH]c(-c4c(C)n[nH]c4C)cc23)c1C. The number of rotatable bonds is 5. The molecule has 0 spiro atoms. The lowest BCUT2D eigenvalue weighted by molar-refractivity contribution is -0.111. The molecule has 0 aliphatic rings. The summed E-state index contributed by atoms with van der Waals surface area (Å²) in [5.74, 6) is -0.779. The summed E-state index contributed by atoms with van der Waals surface area (Å²) < 4.78 is 0. The van der Waals surface area contributed by atoms with Crippen molar-refractivity contribution < 1.29 is 9.59 Å². The van der Waals surface area contributed by atoms with E-state index in [4.69, 9.17) is 5.73 Å². The number of nitrogens with zero attached hydrogens (tertiary/aromatic N) is 1. The fraction of sp³-hybridized carbons (Fsp3) is 0.125. The maximum Gasteiger partial charge on any atom is 0.250 e. The molecule has 2 aromatic carbocycles. The van der Waals surface area contributed by atoms with Crippen LogP contribution in [0.25, 0.3) is 33.3 Å². The number of hydrogen-bond acceptors (Lipinski definition) is 3. The molecule has 5 N–H and O–H groups in total. The van der Waals surface area contributed by atoms with Crippen LogP contribution in [0, 0.1) is 20.8 Å². The Morgan fingerprint density at radius 3 is 2.55 bits per heavy atom. The molecule has 4 rings (SSSR count). The van der Waals surface area contributed by atoms with E-state index in [0.717, 1.165) is 44.7 Å². The molecule has 2 heterocycles. The highest BCUT2D eigenvalue weighted by Gasteiger charge is 2.19. The van der Waals surface area contributed by atoms with E-state index in [-0.39, 0.29) is 5.91 Å². The number of aryl methyl sites for hydroxylation is 2. The minimum absolute atomic E-state index is 0.274. The van der Waals surface area contributed by atoms with Crippen molar-refractivity contribution in [1.82, 2.24) is 15.2 Å². The summed E-state index contributed by atoms with van der Waals surface area (Å²) in [6.45, 7) is 9.33. The number of H-pyrrole nitrogens is 2. The monoisotopic (exact) mass is 413 g/mol. The number of nitrogens with one attached hydrogen (secondary N) is 3. The Bertz CT molecular complexity index is 1340. The van der Waals surface area contributed by atoms with Gasteiger partial charge in [0.05, 0.1) is 22.5 Å². The molecule has 0 atom stereocenters. The molecule has 0 radical (unpaired) electrons. The molecule has 2 amide bonds. The van der Waals surface area contributed by atoms with E-state index in [0.29, 0.717) is 16.8 Å². The number of carbonyl (C=O) groups excluding carboxylic acids is 2. The number of fused-ring (bicyclic) bond motifs is 1. The van der Waals surface area contributed by atoms with Crippen molar-refractivity contribution in [3.8, 4) is 22.4 Å². The van der Waals surface area contributed by atoms with Crippen LogP contribution in [0.3, 0.4) is 0 Å². The lowest BCUT2D eigenvalue weighted by atomic mass is 9.94. The maximum absolute atomic E-state index is 12.1. The molecule has 0 bridgehead atoms. The molecule has 7 nitrogen and oxygen atoms in total. The molecule has 0 saturated heterocycles. The summed E-state index contributed by atoms with van der Waals surface area (Å²) in [4.78, 5) is 27.3. The van der Waals surface area contributed by atoms with E-state index < -0.39 is 5.91 Å². The van der Waals surface area contributed by atoms with Gasteiger partial charge in [-0.05, 0) is 61.7 Å². The van der Waals surface area contributed by atoms with E-state index in [9.17, 15) is 9.59 Å². The molecular weight excluding hydrogens is 390 g/mol. The predicted octanol–water partition coefficient (Wildman–Crippen LogP) is 4.37. The topological polar surface area (TPSA) is 117 Å². The molecule has 156 valence electrons. The molecule has 0 unspecified atom stereocenters. The van der Waals surface area contributed by atoms with Gasteiger partial charge in [0, 0.05) is 22.3 Å². The van der Waals surface area contributed by atoms with Crippen LogP contribution in [0.5, 0.6) is 0 Å².